The van der Waals surface area contributed by atoms with Crippen LogP contribution in [-0.2, 0) is 6.18 Å². The number of piperidine rings is 1. The molecule has 2 atom stereocenters. The quantitative estimate of drug-likeness (QED) is 0.550. The van der Waals surface area contributed by atoms with E-state index < -0.39 is 17.6 Å². The van der Waals surface area contributed by atoms with Gasteiger partial charge in [0.25, 0.3) is 5.91 Å². The van der Waals surface area contributed by atoms with Crippen LogP contribution in [0.5, 0.6) is 0 Å². The fourth-order valence-electron chi connectivity index (χ4n) is 4.19. The summed E-state index contributed by atoms with van der Waals surface area (Å²) in [7, 11) is 0. The molecule has 1 fully saturated rings. The number of hydrogen-bond donors (Lipinski definition) is 1. The number of carbonyl (C=O) groups excluding carboxylic acids is 1. The fourth-order valence-corrected chi connectivity index (χ4v) is 4.19. The van der Waals surface area contributed by atoms with E-state index in [0.29, 0.717) is 17.8 Å². The molecule has 1 aromatic carbocycles. The largest absolute Gasteiger partial charge is 0.417 e. The van der Waals surface area contributed by atoms with Crippen molar-refractivity contribution >= 4 is 11.7 Å². The lowest BCUT2D eigenvalue weighted by atomic mass is 9.89. The smallest absolute Gasteiger partial charge is 0.368 e. The Balaban J connectivity index is 1.58. The van der Waals surface area contributed by atoms with Crippen molar-refractivity contribution in [3.63, 3.8) is 0 Å². The highest BCUT2D eigenvalue weighted by Crippen LogP contribution is 2.30. The number of hydrogen-bond acceptors (Lipinski definition) is 5. The van der Waals surface area contributed by atoms with Crippen LogP contribution < -0.4 is 5.32 Å². The molecule has 7 nitrogen and oxygen atoms in total. The third kappa shape index (κ3) is 4.87. The minimum Gasteiger partial charge on any atom is -0.368 e. The Hall–Kier alpha value is -3.50. The first-order valence-electron chi connectivity index (χ1n) is 10.9. The van der Waals surface area contributed by atoms with Gasteiger partial charge in [0.1, 0.15) is 11.6 Å². The number of rotatable bonds is 5. The number of anilines is 1. The Morgan fingerprint density at radius 2 is 1.94 bits per heavy atom. The molecule has 180 valence electrons. The number of nitrogens with one attached hydrogen (secondary N) is 1. The van der Waals surface area contributed by atoms with Gasteiger partial charge in [0.2, 0.25) is 0 Å². The van der Waals surface area contributed by atoms with E-state index in [2.05, 4.69) is 20.5 Å². The molecule has 1 N–H and O–H groups in total. The number of pyridine rings is 1. The van der Waals surface area contributed by atoms with Crippen LogP contribution in [0.15, 0.2) is 42.9 Å². The normalized spacial score (nSPS) is 18.7. The van der Waals surface area contributed by atoms with E-state index in [-0.39, 0.29) is 35.8 Å². The molecule has 1 unspecified atom stereocenters. The van der Waals surface area contributed by atoms with Crippen molar-refractivity contribution in [1.82, 2.24) is 24.9 Å². The molecule has 4 rings (SSSR count). The van der Waals surface area contributed by atoms with Gasteiger partial charge in [0.05, 0.1) is 35.2 Å². The zero-order chi connectivity index (χ0) is 24.5. The number of nitrogens with zero attached hydrogens (tertiary/aromatic N) is 5. The summed E-state index contributed by atoms with van der Waals surface area (Å²) in [6.07, 6.45) is 0.919. The lowest BCUT2D eigenvalue weighted by Gasteiger charge is -2.40. The van der Waals surface area contributed by atoms with Crippen LogP contribution in [0.2, 0.25) is 0 Å². The Morgan fingerprint density at radius 1 is 1.21 bits per heavy atom. The fraction of sp³-hybridized carbons (Fsp3) is 0.391. The summed E-state index contributed by atoms with van der Waals surface area (Å²) < 4.78 is 52.9. The van der Waals surface area contributed by atoms with Crippen LogP contribution in [0.4, 0.5) is 23.4 Å². The molecule has 0 bridgehead atoms. The first kappa shape index (κ1) is 23.7. The van der Waals surface area contributed by atoms with Gasteiger partial charge in [-0.3, -0.25) is 4.79 Å². The van der Waals surface area contributed by atoms with Crippen LogP contribution in [-0.4, -0.2) is 49.9 Å². The van der Waals surface area contributed by atoms with Gasteiger partial charge in [-0.05, 0) is 55.5 Å². The molecule has 1 amide bonds. The van der Waals surface area contributed by atoms with Gasteiger partial charge < -0.3 is 10.2 Å². The number of carbonyl (C=O) groups is 1. The highest BCUT2D eigenvalue weighted by Gasteiger charge is 2.34. The van der Waals surface area contributed by atoms with Crippen molar-refractivity contribution < 1.29 is 22.4 Å². The molecule has 11 heteroatoms. The molecule has 0 radical (unpaired) electrons. The van der Waals surface area contributed by atoms with Gasteiger partial charge in [-0.2, -0.15) is 28.2 Å². The number of halogens is 4. The van der Waals surface area contributed by atoms with Gasteiger partial charge >= 0.3 is 6.18 Å². The van der Waals surface area contributed by atoms with Crippen molar-refractivity contribution in [2.24, 2.45) is 5.92 Å². The summed E-state index contributed by atoms with van der Waals surface area (Å²) in [5.41, 5.74) is 0.0544. The predicted octanol–water partition coefficient (Wildman–Crippen LogP) is 4.48. The summed E-state index contributed by atoms with van der Waals surface area (Å²) in [6.45, 7) is 4.37. The lowest BCUT2D eigenvalue weighted by Crippen LogP contribution is -2.51. The van der Waals surface area contributed by atoms with Crippen LogP contribution in [0, 0.1) is 18.7 Å². The molecule has 3 aromatic rings. The maximum absolute atomic E-state index is 14.5. The van der Waals surface area contributed by atoms with E-state index >= 15 is 0 Å². The standard InChI is InChI=1S/C23H24F4N6O/c1-14-4-3-9-32(20(14)13-29-21-6-5-16(12-28-21)23(25,26)27)22(34)17-11-18(24)15(2)10-19(17)33-30-7-8-31-33/h5-8,10-12,14,20H,3-4,9,13H2,1-2H3,(H,28,29)/t14-,20?/m1/s1. The van der Waals surface area contributed by atoms with Gasteiger partial charge in [0.15, 0.2) is 0 Å². The molecule has 0 saturated carbocycles. The van der Waals surface area contributed by atoms with Gasteiger partial charge in [0, 0.05) is 19.3 Å². The van der Waals surface area contributed by atoms with Gasteiger partial charge in [-0.15, -0.1) is 0 Å². The van der Waals surface area contributed by atoms with E-state index in [0.717, 1.165) is 25.1 Å². The summed E-state index contributed by atoms with van der Waals surface area (Å²) in [5, 5.41) is 11.2. The van der Waals surface area contributed by atoms with Crippen molar-refractivity contribution in [1.29, 1.82) is 0 Å². The van der Waals surface area contributed by atoms with E-state index in [4.69, 9.17) is 0 Å². The summed E-state index contributed by atoms with van der Waals surface area (Å²) in [4.78, 5) is 20.4. The van der Waals surface area contributed by atoms with E-state index in [1.807, 2.05) is 6.92 Å². The average molecular weight is 476 g/mol. The topological polar surface area (TPSA) is 75.9 Å². The van der Waals surface area contributed by atoms with Crippen molar-refractivity contribution in [2.75, 3.05) is 18.4 Å². The molecule has 1 aliphatic heterocycles. The monoisotopic (exact) mass is 476 g/mol. The highest BCUT2D eigenvalue weighted by molar-refractivity contribution is 5.98. The Labute approximate surface area is 193 Å². The third-order valence-corrected chi connectivity index (χ3v) is 6.10. The number of aryl methyl sites for hydroxylation is 1. The van der Waals surface area contributed by atoms with E-state index in [1.54, 1.807) is 11.8 Å². The predicted molar refractivity (Wildman–Crippen MR) is 117 cm³/mol. The molecule has 0 spiro atoms. The second kappa shape index (κ2) is 9.40. The number of likely N-dealkylation sites (tertiary alicyclic amines) is 1. The SMILES string of the molecule is Cc1cc(-n2nccn2)c(C(=O)N2CCC[C@@H](C)C2CNc2ccc(C(F)(F)F)cn2)cc1F. The summed E-state index contributed by atoms with van der Waals surface area (Å²) in [6, 6.07) is 4.70. The first-order chi connectivity index (χ1) is 16.1. The number of benzene rings is 1. The number of aromatic nitrogens is 4. The van der Waals surface area contributed by atoms with E-state index in [9.17, 15) is 22.4 Å². The molecular weight excluding hydrogens is 452 g/mol. The van der Waals surface area contributed by atoms with Gasteiger partial charge in [-0.25, -0.2) is 9.37 Å². The third-order valence-electron chi connectivity index (χ3n) is 6.10. The van der Waals surface area contributed by atoms with Crippen LogP contribution in [0.1, 0.15) is 41.3 Å². The van der Waals surface area contributed by atoms with Gasteiger partial charge in [-0.1, -0.05) is 6.92 Å². The Kier molecular flexibility index (Phi) is 6.54. The molecule has 2 aromatic heterocycles. The minimum absolute atomic E-state index is 0.112. The maximum Gasteiger partial charge on any atom is 0.417 e. The number of amides is 1. The minimum atomic E-state index is -4.46. The van der Waals surface area contributed by atoms with Crippen molar-refractivity contribution in [3.8, 4) is 5.69 Å². The van der Waals surface area contributed by atoms with Crippen LogP contribution in [0.25, 0.3) is 5.69 Å². The van der Waals surface area contributed by atoms with Crippen molar-refractivity contribution in [2.45, 2.75) is 38.9 Å². The highest BCUT2D eigenvalue weighted by atomic mass is 19.4. The Morgan fingerprint density at radius 3 is 2.59 bits per heavy atom. The van der Waals surface area contributed by atoms with E-state index in [1.165, 1.54) is 35.4 Å². The summed E-state index contributed by atoms with van der Waals surface area (Å²) >= 11 is 0. The lowest BCUT2D eigenvalue weighted by molar-refractivity contribution is -0.137. The molecule has 34 heavy (non-hydrogen) atoms. The molecular formula is C23H24F4N6O. The molecule has 1 saturated heterocycles. The first-order valence-corrected chi connectivity index (χ1v) is 10.9. The average Bonchev–Trinajstić information content (AvgIpc) is 3.34. The van der Waals surface area contributed by atoms with Crippen LogP contribution >= 0.6 is 0 Å². The second-order valence-electron chi connectivity index (χ2n) is 8.43. The van der Waals surface area contributed by atoms with Crippen LogP contribution in [0.3, 0.4) is 0 Å². The maximum atomic E-state index is 14.5. The van der Waals surface area contributed by atoms with Crippen molar-refractivity contribution in [3.05, 3.63) is 65.4 Å². The molecule has 1 aliphatic rings. The molecule has 3 heterocycles. The summed E-state index contributed by atoms with van der Waals surface area (Å²) in [5.74, 6) is -0.472. The zero-order valence-corrected chi connectivity index (χ0v) is 18.7. The number of alkyl halides is 3. The second-order valence-corrected chi connectivity index (χ2v) is 8.43. The zero-order valence-electron chi connectivity index (χ0n) is 18.7. The Bertz CT molecular complexity index is 1150. The molecule has 0 aliphatic carbocycles.